The Morgan fingerprint density at radius 3 is 2.42 bits per heavy atom. The van der Waals surface area contributed by atoms with Crippen LogP contribution in [0.2, 0.25) is 0 Å². The van der Waals surface area contributed by atoms with Gasteiger partial charge in [-0.05, 0) is 44.6 Å². The first-order chi connectivity index (χ1) is 9.04. The highest BCUT2D eigenvalue weighted by molar-refractivity contribution is 7.86. The predicted octanol–water partition coefficient (Wildman–Crippen LogP) is 1.04. The lowest BCUT2D eigenvalue weighted by Crippen LogP contribution is -2.43. The molecule has 0 spiro atoms. The smallest absolute Gasteiger partial charge is 0.281 e. The highest BCUT2D eigenvalue weighted by Crippen LogP contribution is 2.30. The molecule has 112 valence electrons. The molecule has 6 heteroatoms. The summed E-state index contributed by atoms with van der Waals surface area (Å²) in [5, 5.41) is 3.41. The molecule has 0 aliphatic heterocycles. The molecule has 2 rings (SSSR count). The second kappa shape index (κ2) is 6.52. The molecule has 2 saturated carbocycles. The van der Waals surface area contributed by atoms with E-state index in [1.54, 1.807) is 11.4 Å². The summed E-state index contributed by atoms with van der Waals surface area (Å²) in [6.45, 7) is 4.71. The first kappa shape index (κ1) is 15.2. The summed E-state index contributed by atoms with van der Waals surface area (Å²) in [4.78, 5) is 0. The highest BCUT2D eigenvalue weighted by Gasteiger charge is 2.31. The Bertz CT molecular complexity index is 377. The molecule has 0 aromatic carbocycles. The van der Waals surface area contributed by atoms with Gasteiger partial charge in [-0.15, -0.1) is 0 Å². The van der Waals surface area contributed by atoms with E-state index in [-0.39, 0.29) is 0 Å². The van der Waals surface area contributed by atoms with Crippen LogP contribution in [0, 0.1) is 5.92 Å². The first-order valence-electron chi connectivity index (χ1n) is 7.48. The van der Waals surface area contributed by atoms with Crippen molar-refractivity contribution in [1.82, 2.24) is 13.9 Å². The van der Waals surface area contributed by atoms with E-state index >= 15 is 0 Å². The molecule has 19 heavy (non-hydrogen) atoms. The lowest BCUT2D eigenvalue weighted by molar-refractivity contribution is 0.356. The minimum atomic E-state index is -3.25. The van der Waals surface area contributed by atoms with E-state index in [4.69, 9.17) is 0 Å². The van der Waals surface area contributed by atoms with Gasteiger partial charge in [-0.2, -0.15) is 17.0 Å². The van der Waals surface area contributed by atoms with Crippen LogP contribution in [-0.2, 0) is 10.2 Å². The van der Waals surface area contributed by atoms with E-state index in [9.17, 15) is 8.42 Å². The normalized spacial score (nSPS) is 20.4. The van der Waals surface area contributed by atoms with Gasteiger partial charge >= 0.3 is 0 Å². The Kier molecular flexibility index (Phi) is 5.22. The summed E-state index contributed by atoms with van der Waals surface area (Å²) in [5.74, 6) is 0.597. The van der Waals surface area contributed by atoms with Crippen LogP contribution in [0.15, 0.2) is 0 Å². The van der Waals surface area contributed by atoms with Gasteiger partial charge in [-0.3, -0.25) is 0 Å². The van der Waals surface area contributed by atoms with Crippen LogP contribution in [0.5, 0.6) is 0 Å². The van der Waals surface area contributed by atoms with Crippen molar-refractivity contribution in [3.8, 4) is 0 Å². The summed E-state index contributed by atoms with van der Waals surface area (Å²) < 4.78 is 27.9. The highest BCUT2D eigenvalue weighted by atomic mass is 32.2. The van der Waals surface area contributed by atoms with Crippen molar-refractivity contribution >= 4 is 10.2 Å². The summed E-state index contributed by atoms with van der Waals surface area (Å²) >= 11 is 0. The zero-order valence-electron chi connectivity index (χ0n) is 12.1. The zero-order valence-corrected chi connectivity index (χ0v) is 13.0. The first-order valence-corrected chi connectivity index (χ1v) is 8.88. The van der Waals surface area contributed by atoms with Crippen LogP contribution in [0.4, 0.5) is 0 Å². The van der Waals surface area contributed by atoms with Crippen molar-refractivity contribution in [3.63, 3.8) is 0 Å². The average molecular weight is 289 g/mol. The van der Waals surface area contributed by atoms with Gasteiger partial charge in [0.1, 0.15) is 0 Å². The molecule has 0 aromatic heterocycles. The predicted molar refractivity (Wildman–Crippen MR) is 77.2 cm³/mol. The Morgan fingerprint density at radius 2 is 1.89 bits per heavy atom. The molecular weight excluding hydrogens is 262 g/mol. The molecule has 1 N–H and O–H groups in total. The molecule has 5 nitrogen and oxygen atoms in total. The van der Waals surface area contributed by atoms with Crippen molar-refractivity contribution in [2.45, 2.75) is 45.1 Å². The van der Waals surface area contributed by atoms with Crippen molar-refractivity contribution in [1.29, 1.82) is 0 Å². The second-order valence-electron chi connectivity index (χ2n) is 5.81. The van der Waals surface area contributed by atoms with Gasteiger partial charge in [-0.1, -0.05) is 6.92 Å². The molecule has 0 radical (unpaired) electrons. The molecule has 0 aromatic rings. The molecule has 0 unspecified atom stereocenters. The largest absolute Gasteiger partial charge is 0.314 e. The SMILES string of the molecule is CCN(CC1CC1)S(=O)(=O)N(C)CCCNC1CC1. The third-order valence-electron chi connectivity index (χ3n) is 3.89. The number of nitrogens with zero attached hydrogens (tertiary/aromatic N) is 2. The molecule has 2 fully saturated rings. The minimum absolute atomic E-state index is 0.573. The summed E-state index contributed by atoms with van der Waals surface area (Å²) in [6, 6.07) is 0.698. The molecule has 0 atom stereocenters. The molecule has 0 heterocycles. The zero-order chi connectivity index (χ0) is 13.9. The fourth-order valence-corrected chi connectivity index (χ4v) is 3.66. The van der Waals surface area contributed by atoms with Crippen LogP contribution in [0.3, 0.4) is 0 Å². The van der Waals surface area contributed by atoms with Crippen molar-refractivity contribution in [2.75, 3.05) is 33.2 Å². The summed E-state index contributed by atoms with van der Waals surface area (Å²) in [7, 11) is -1.56. The lowest BCUT2D eigenvalue weighted by Gasteiger charge is -2.26. The third kappa shape index (κ3) is 4.70. The van der Waals surface area contributed by atoms with Crippen LogP contribution in [-0.4, -0.2) is 56.3 Å². The average Bonchev–Trinajstić information content (AvgIpc) is 3.25. The molecule has 0 saturated heterocycles. The monoisotopic (exact) mass is 289 g/mol. The van der Waals surface area contributed by atoms with E-state index in [1.165, 1.54) is 30.0 Å². The van der Waals surface area contributed by atoms with Gasteiger partial charge in [0.05, 0.1) is 0 Å². The van der Waals surface area contributed by atoms with E-state index in [0.717, 1.165) is 13.0 Å². The van der Waals surface area contributed by atoms with Gasteiger partial charge in [0.15, 0.2) is 0 Å². The van der Waals surface area contributed by atoms with Gasteiger partial charge in [0, 0.05) is 32.7 Å². The van der Waals surface area contributed by atoms with Gasteiger partial charge in [0.25, 0.3) is 10.2 Å². The Balaban J connectivity index is 1.74. The lowest BCUT2D eigenvalue weighted by atomic mass is 10.4. The van der Waals surface area contributed by atoms with Gasteiger partial charge in [-0.25, -0.2) is 0 Å². The van der Waals surface area contributed by atoms with Crippen molar-refractivity contribution in [3.05, 3.63) is 0 Å². The van der Waals surface area contributed by atoms with Crippen LogP contribution in [0.1, 0.15) is 39.0 Å². The standard InChI is InChI=1S/C13H27N3O2S/c1-3-16(11-12-5-6-12)19(17,18)15(2)10-4-9-14-13-7-8-13/h12-14H,3-11H2,1-2H3. The van der Waals surface area contributed by atoms with Crippen LogP contribution < -0.4 is 5.32 Å². The minimum Gasteiger partial charge on any atom is -0.314 e. The number of hydrogen-bond donors (Lipinski definition) is 1. The number of hydrogen-bond acceptors (Lipinski definition) is 3. The van der Waals surface area contributed by atoms with Crippen molar-refractivity contribution in [2.24, 2.45) is 5.92 Å². The molecule has 2 aliphatic rings. The summed E-state index contributed by atoms with van der Waals surface area (Å²) in [6.07, 6.45) is 5.80. The third-order valence-corrected chi connectivity index (χ3v) is 5.92. The molecule has 0 bridgehead atoms. The van der Waals surface area contributed by atoms with E-state index in [1.807, 2.05) is 6.92 Å². The quantitative estimate of drug-likeness (QED) is 0.611. The maximum absolute atomic E-state index is 12.4. The Hall–Kier alpha value is -0.170. The summed E-state index contributed by atoms with van der Waals surface area (Å²) in [5.41, 5.74) is 0. The van der Waals surface area contributed by atoms with Gasteiger partial charge in [0.2, 0.25) is 0 Å². The van der Waals surface area contributed by atoms with Crippen LogP contribution in [0.25, 0.3) is 0 Å². The fourth-order valence-electron chi connectivity index (χ4n) is 2.18. The van der Waals surface area contributed by atoms with E-state index in [2.05, 4.69) is 5.32 Å². The van der Waals surface area contributed by atoms with Gasteiger partial charge < -0.3 is 5.32 Å². The Morgan fingerprint density at radius 1 is 1.21 bits per heavy atom. The number of nitrogens with one attached hydrogen (secondary N) is 1. The van der Waals surface area contributed by atoms with Crippen molar-refractivity contribution < 1.29 is 8.42 Å². The maximum Gasteiger partial charge on any atom is 0.281 e. The molecular formula is C13H27N3O2S. The second-order valence-corrected chi connectivity index (χ2v) is 7.84. The van der Waals surface area contributed by atoms with Crippen LogP contribution >= 0.6 is 0 Å². The Labute approximate surface area is 117 Å². The molecule has 0 amide bonds. The van der Waals surface area contributed by atoms with E-state index in [0.29, 0.717) is 31.6 Å². The topological polar surface area (TPSA) is 52.7 Å². The molecule has 2 aliphatic carbocycles. The maximum atomic E-state index is 12.4. The van der Waals surface area contributed by atoms with E-state index < -0.39 is 10.2 Å². The number of rotatable bonds is 10. The fraction of sp³-hybridized carbons (Fsp3) is 1.00.